The van der Waals surface area contributed by atoms with Gasteiger partial charge in [-0.2, -0.15) is 0 Å². The van der Waals surface area contributed by atoms with Gasteiger partial charge in [-0.25, -0.2) is 0 Å². The molecule has 4 nitrogen and oxygen atoms in total. The smallest absolute Gasteiger partial charge is 0.142 e. The Labute approximate surface area is 134 Å². The molecule has 1 saturated carbocycles. The first kappa shape index (κ1) is 15.4. The summed E-state index contributed by atoms with van der Waals surface area (Å²) in [6.45, 7) is 2.60. The second-order valence-corrected chi connectivity index (χ2v) is 6.88. The summed E-state index contributed by atoms with van der Waals surface area (Å²) in [5, 5.41) is 20.0. The molecule has 116 valence electrons. The molecule has 2 atom stereocenters. The average Bonchev–Trinajstić information content (AvgIpc) is 2.81. The fourth-order valence-electron chi connectivity index (χ4n) is 3.77. The van der Waals surface area contributed by atoms with E-state index in [1.54, 1.807) is 13.2 Å². The Morgan fingerprint density at radius 2 is 1.86 bits per heavy atom. The van der Waals surface area contributed by atoms with Crippen molar-refractivity contribution in [1.82, 2.24) is 4.90 Å². The molecule has 2 aliphatic rings. The van der Waals surface area contributed by atoms with Gasteiger partial charge in [0, 0.05) is 35.6 Å². The summed E-state index contributed by atoms with van der Waals surface area (Å²) in [7, 11) is 1.60. The van der Waals surface area contributed by atoms with Gasteiger partial charge in [0.25, 0.3) is 0 Å². The predicted octanol–water partition coefficient (Wildman–Crippen LogP) is 2.03. The molecule has 2 fully saturated rings. The molecule has 1 aromatic rings. The van der Waals surface area contributed by atoms with Crippen LogP contribution in [0, 0.1) is 17.3 Å². The van der Waals surface area contributed by atoms with Crippen LogP contribution in [-0.4, -0.2) is 48.5 Å². The first-order chi connectivity index (χ1) is 10.1. The van der Waals surface area contributed by atoms with Crippen LogP contribution in [0.4, 0.5) is 0 Å². The summed E-state index contributed by atoms with van der Waals surface area (Å²) in [6, 6.07) is 3.55. The van der Waals surface area contributed by atoms with Crippen LogP contribution in [-0.2, 0) is 6.54 Å². The van der Waals surface area contributed by atoms with Crippen molar-refractivity contribution in [2.45, 2.75) is 6.54 Å². The third-order valence-electron chi connectivity index (χ3n) is 5.04. The Kier molecular flexibility index (Phi) is 4.10. The Balaban J connectivity index is 1.71. The van der Waals surface area contributed by atoms with Crippen LogP contribution >= 0.6 is 23.2 Å². The molecule has 1 saturated heterocycles. The van der Waals surface area contributed by atoms with Gasteiger partial charge in [0.15, 0.2) is 0 Å². The van der Waals surface area contributed by atoms with Crippen LogP contribution in [0.1, 0.15) is 5.56 Å². The average molecular weight is 332 g/mol. The zero-order valence-electron chi connectivity index (χ0n) is 11.9. The Bertz CT molecular complexity index is 534. The molecule has 0 radical (unpaired) electrons. The van der Waals surface area contributed by atoms with E-state index >= 15 is 0 Å². The minimum Gasteiger partial charge on any atom is -0.495 e. The maximum Gasteiger partial charge on any atom is 0.142 e. The number of benzene rings is 1. The van der Waals surface area contributed by atoms with Gasteiger partial charge in [-0.3, -0.25) is 4.90 Å². The second kappa shape index (κ2) is 5.60. The molecule has 0 aromatic heterocycles. The second-order valence-electron chi connectivity index (χ2n) is 6.04. The Morgan fingerprint density at radius 3 is 2.38 bits per heavy atom. The number of hydrogen-bond donors (Lipinski definition) is 2. The first-order valence-electron chi connectivity index (χ1n) is 7.01. The van der Waals surface area contributed by atoms with Crippen molar-refractivity contribution in [3.05, 3.63) is 27.7 Å². The number of rotatable bonds is 5. The largest absolute Gasteiger partial charge is 0.495 e. The van der Waals surface area contributed by atoms with Crippen molar-refractivity contribution in [3.8, 4) is 5.75 Å². The minimum absolute atomic E-state index is 0.0684. The number of hydrogen-bond acceptors (Lipinski definition) is 4. The molecule has 1 aromatic carbocycles. The molecule has 1 heterocycles. The van der Waals surface area contributed by atoms with E-state index < -0.39 is 0 Å². The third kappa shape index (κ3) is 2.43. The molecule has 2 N–H and O–H groups in total. The maximum atomic E-state index is 9.46. The molecule has 1 aliphatic heterocycles. The minimum atomic E-state index is -0.257. The first-order valence-corrected chi connectivity index (χ1v) is 7.77. The van der Waals surface area contributed by atoms with Gasteiger partial charge in [0.2, 0.25) is 0 Å². The highest BCUT2D eigenvalue weighted by Crippen LogP contribution is 2.62. The molecule has 0 amide bonds. The molecule has 6 heteroatoms. The van der Waals surface area contributed by atoms with Gasteiger partial charge < -0.3 is 14.9 Å². The standard InChI is InChI=1S/C15H19Cl2NO3/c1-21-14-9(2-10(16)3-13(14)17)4-18-5-11-12(6-18)15(11,7-19)8-20/h2-3,11-12,19-20H,4-8H2,1H3. The van der Waals surface area contributed by atoms with E-state index in [-0.39, 0.29) is 18.6 Å². The number of halogens is 2. The van der Waals surface area contributed by atoms with Gasteiger partial charge in [0.05, 0.1) is 25.3 Å². The van der Waals surface area contributed by atoms with Crippen molar-refractivity contribution < 1.29 is 14.9 Å². The van der Waals surface area contributed by atoms with Crippen molar-refractivity contribution in [1.29, 1.82) is 0 Å². The summed E-state index contributed by atoms with van der Waals surface area (Å²) >= 11 is 12.2. The molecule has 2 unspecified atom stereocenters. The predicted molar refractivity (Wildman–Crippen MR) is 81.9 cm³/mol. The number of likely N-dealkylation sites (tertiary alicyclic amines) is 1. The van der Waals surface area contributed by atoms with Crippen LogP contribution < -0.4 is 4.74 Å². The van der Waals surface area contributed by atoms with Crippen LogP contribution in [0.2, 0.25) is 10.0 Å². The van der Waals surface area contributed by atoms with Crippen molar-refractivity contribution in [2.24, 2.45) is 17.3 Å². The maximum absolute atomic E-state index is 9.46. The highest BCUT2D eigenvalue weighted by Gasteiger charge is 2.67. The lowest BCUT2D eigenvalue weighted by Crippen LogP contribution is -2.31. The number of ether oxygens (including phenoxy) is 1. The van der Waals surface area contributed by atoms with Gasteiger partial charge in [-0.15, -0.1) is 0 Å². The highest BCUT2D eigenvalue weighted by atomic mass is 35.5. The van der Waals surface area contributed by atoms with E-state index in [0.29, 0.717) is 34.2 Å². The van der Waals surface area contributed by atoms with Crippen LogP contribution in [0.15, 0.2) is 12.1 Å². The molecule has 0 bridgehead atoms. The summed E-state index contributed by atoms with van der Waals surface area (Å²) in [4.78, 5) is 2.30. The monoisotopic (exact) mass is 331 g/mol. The number of piperidine rings is 1. The number of methoxy groups -OCH3 is 1. The van der Waals surface area contributed by atoms with E-state index in [1.165, 1.54) is 0 Å². The van der Waals surface area contributed by atoms with Crippen molar-refractivity contribution in [2.75, 3.05) is 33.4 Å². The number of aliphatic hydroxyl groups is 2. The van der Waals surface area contributed by atoms with Crippen LogP contribution in [0.25, 0.3) is 0 Å². The third-order valence-corrected chi connectivity index (χ3v) is 5.53. The molecule has 1 aliphatic carbocycles. The van der Waals surface area contributed by atoms with Crippen LogP contribution in [0.5, 0.6) is 5.75 Å². The van der Waals surface area contributed by atoms with Crippen LogP contribution in [0.3, 0.4) is 0 Å². The van der Waals surface area contributed by atoms with E-state index in [2.05, 4.69) is 4.90 Å². The normalized spacial score (nSPS) is 26.7. The van der Waals surface area contributed by atoms with E-state index in [9.17, 15) is 10.2 Å². The van der Waals surface area contributed by atoms with E-state index in [4.69, 9.17) is 27.9 Å². The van der Waals surface area contributed by atoms with Gasteiger partial charge >= 0.3 is 0 Å². The SMILES string of the molecule is COc1c(Cl)cc(Cl)cc1CN1CC2C(C1)C2(CO)CO. The fourth-order valence-corrected chi connectivity index (χ4v) is 4.38. The Hall–Kier alpha value is -0.520. The van der Waals surface area contributed by atoms with Gasteiger partial charge in [0.1, 0.15) is 5.75 Å². The summed E-state index contributed by atoms with van der Waals surface area (Å²) in [6.07, 6.45) is 0. The topological polar surface area (TPSA) is 52.9 Å². The quantitative estimate of drug-likeness (QED) is 0.866. The molecular formula is C15H19Cl2NO3. The van der Waals surface area contributed by atoms with Gasteiger partial charge in [-0.05, 0) is 24.0 Å². The molecule has 3 rings (SSSR count). The Morgan fingerprint density at radius 1 is 1.24 bits per heavy atom. The molecule has 21 heavy (non-hydrogen) atoms. The zero-order chi connectivity index (χ0) is 15.2. The van der Waals surface area contributed by atoms with Crippen molar-refractivity contribution in [3.63, 3.8) is 0 Å². The summed E-state index contributed by atoms with van der Waals surface area (Å²) in [5.41, 5.74) is 0.710. The molecule has 0 spiro atoms. The van der Waals surface area contributed by atoms with E-state index in [0.717, 1.165) is 18.7 Å². The molecular weight excluding hydrogens is 313 g/mol. The number of fused-ring (bicyclic) bond motifs is 1. The fraction of sp³-hybridized carbons (Fsp3) is 0.600. The zero-order valence-corrected chi connectivity index (χ0v) is 13.4. The lowest BCUT2D eigenvalue weighted by molar-refractivity contribution is 0.0867. The number of nitrogens with zero attached hydrogens (tertiary/aromatic N) is 1. The summed E-state index contributed by atoms with van der Waals surface area (Å²) < 4.78 is 5.37. The lowest BCUT2D eigenvalue weighted by Gasteiger charge is -2.25. The van der Waals surface area contributed by atoms with E-state index in [1.807, 2.05) is 6.07 Å². The van der Waals surface area contributed by atoms with Crippen molar-refractivity contribution >= 4 is 23.2 Å². The number of aliphatic hydroxyl groups excluding tert-OH is 2. The highest BCUT2D eigenvalue weighted by molar-refractivity contribution is 6.35. The van der Waals surface area contributed by atoms with Gasteiger partial charge in [-0.1, -0.05) is 23.2 Å². The lowest BCUT2D eigenvalue weighted by atomic mass is 10.0. The summed E-state index contributed by atoms with van der Waals surface area (Å²) in [5.74, 6) is 1.43.